The first-order valence-electron chi connectivity index (χ1n) is 3.44. The van der Waals surface area contributed by atoms with Crippen molar-refractivity contribution in [2.45, 2.75) is 18.7 Å². The minimum atomic E-state index is -2.41. The van der Waals surface area contributed by atoms with Crippen molar-refractivity contribution >= 4 is 15.9 Å². The van der Waals surface area contributed by atoms with Gasteiger partial charge in [-0.1, -0.05) is 15.9 Å². The Kier molecular flexibility index (Phi) is 3.14. The van der Waals surface area contributed by atoms with Crippen molar-refractivity contribution in [1.29, 1.82) is 0 Å². The van der Waals surface area contributed by atoms with Crippen molar-refractivity contribution in [2.75, 3.05) is 0 Å². The maximum Gasteiger partial charge on any atom is 0.264 e. The molecule has 12 heavy (non-hydrogen) atoms. The Bertz CT molecular complexity index is 276. The molecule has 0 fully saturated rings. The minimum Gasteiger partial charge on any atom is -0.260 e. The predicted molar refractivity (Wildman–Crippen MR) is 46.6 cm³/mol. The third-order valence-electron chi connectivity index (χ3n) is 1.57. The molecule has 66 valence electrons. The molecule has 0 unspecified atom stereocenters. The van der Waals surface area contributed by atoms with Crippen LogP contribution < -0.4 is 0 Å². The van der Waals surface area contributed by atoms with Gasteiger partial charge in [0.15, 0.2) is 0 Å². The molecule has 0 atom stereocenters. The van der Waals surface area contributed by atoms with Gasteiger partial charge in [-0.05, 0) is 18.6 Å². The summed E-state index contributed by atoms with van der Waals surface area (Å²) < 4.78 is 24.6. The van der Waals surface area contributed by atoms with E-state index in [4.69, 9.17) is 0 Å². The van der Waals surface area contributed by atoms with E-state index in [-0.39, 0.29) is 5.56 Å². The average Bonchev–Trinajstić information content (AvgIpc) is 2.05. The summed E-state index contributed by atoms with van der Waals surface area (Å²) >= 11 is 3.16. The van der Waals surface area contributed by atoms with Crippen LogP contribution in [0.4, 0.5) is 8.78 Å². The Balaban J connectivity index is 3.08. The fourth-order valence-electron chi connectivity index (χ4n) is 0.893. The number of hydrogen-bond donors (Lipinski definition) is 0. The topological polar surface area (TPSA) is 12.9 Å². The van der Waals surface area contributed by atoms with Gasteiger partial charge in [-0.15, -0.1) is 0 Å². The van der Waals surface area contributed by atoms with Crippen LogP contribution in [0.25, 0.3) is 0 Å². The van der Waals surface area contributed by atoms with E-state index in [0.29, 0.717) is 16.6 Å². The smallest absolute Gasteiger partial charge is 0.260 e. The van der Waals surface area contributed by atoms with Gasteiger partial charge in [0.25, 0.3) is 6.43 Å². The zero-order chi connectivity index (χ0) is 9.14. The van der Waals surface area contributed by atoms with Gasteiger partial charge in [0.1, 0.15) is 0 Å². The molecule has 0 amide bonds. The lowest BCUT2D eigenvalue weighted by atomic mass is 10.1. The summed E-state index contributed by atoms with van der Waals surface area (Å²) in [5.74, 6) is 0. The Labute approximate surface area is 77.9 Å². The van der Waals surface area contributed by atoms with Gasteiger partial charge in [0.05, 0.1) is 5.69 Å². The number of rotatable bonds is 2. The van der Waals surface area contributed by atoms with Crippen LogP contribution in [-0.2, 0) is 5.33 Å². The van der Waals surface area contributed by atoms with Crippen LogP contribution in [0.2, 0.25) is 0 Å². The lowest BCUT2D eigenvalue weighted by Gasteiger charge is -2.04. The van der Waals surface area contributed by atoms with Crippen molar-refractivity contribution in [1.82, 2.24) is 4.98 Å². The summed E-state index contributed by atoms with van der Waals surface area (Å²) in [6.45, 7) is 1.63. The molecule has 0 saturated carbocycles. The Morgan fingerprint density at radius 3 is 2.75 bits per heavy atom. The molecule has 0 saturated heterocycles. The lowest BCUT2D eigenvalue weighted by molar-refractivity contribution is 0.150. The maximum absolute atomic E-state index is 12.3. The van der Waals surface area contributed by atoms with E-state index >= 15 is 0 Å². The van der Waals surface area contributed by atoms with E-state index < -0.39 is 6.43 Å². The van der Waals surface area contributed by atoms with Gasteiger partial charge in [0.2, 0.25) is 0 Å². The molecule has 0 radical (unpaired) electrons. The summed E-state index contributed by atoms with van der Waals surface area (Å²) in [5.41, 5.74) is 1.24. The van der Waals surface area contributed by atoms with Gasteiger partial charge in [-0.3, -0.25) is 4.98 Å². The second kappa shape index (κ2) is 3.94. The van der Waals surface area contributed by atoms with Crippen molar-refractivity contribution in [3.8, 4) is 0 Å². The third kappa shape index (κ3) is 2.00. The first kappa shape index (κ1) is 9.58. The van der Waals surface area contributed by atoms with E-state index in [9.17, 15) is 8.78 Å². The molecule has 0 aliphatic heterocycles. The van der Waals surface area contributed by atoms with E-state index in [1.807, 2.05) is 0 Å². The van der Waals surface area contributed by atoms with Crippen molar-refractivity contribution in [3.05, 3.63) is 29.1 Å². The molecule has 4 heteroatoms. The number of aryl methyl sites for hydroxylation is 1. The molecular weight excluding hydrogens is 228 g/mol. The van der Waals surface area contributed by atoms with Gasteiger partial charge in [-0.2, -0.15) is 0 Å². The Hall–Kier alpha value is -0.510. The van der Waals surface area contributed by atoms with Crippen LogP contribution in [-0.4, -0.2) is 4.98 Å². The van der Waals surface area contributed by atoms with Crippen LogP contribution in [0.5, 0.6) is 0 Å². The molecule has 0 aromatic carbocycles. The van der Waals surface area contributed by atoms with Crippen molar-refractivity contribution < 1.29 is 8.78 Å². The van der Waals surface area contributed by atoms with Gasteiger partial charge in [-0.25, -0.2) is 8.78 Å². The van der Waals surface area contributed by atoms with Gasteiger partial charge >= 0.3 is 0 Å². The lowest BCUT2D eigenvalue weighted by Crippen LogP contribution is -1.94. The molecule has 0 spiro atoms. The molecule has 0 aliphatic carbocycles. The molecule has 0 N–H and O–H groups in total. The monoisotopic (exact) mass is 235 g/mol. The maximum atomic E-state index is 12.3. The Morgan fingerprint density at radius 1 is 1.58 bits per heavy atom. The molecule has 1 aromatic rings. The largest absolute Gasteiger partial charge is 0.264 e. The van der Waals surface area contributed by atoms with E-state index in [0.717, 1.165) is 0 Å². The van der Waals surface area contributed by atoms with E-state index in [2.05, 4.69) is 20.9 Å². The number of hydrogen-bond acceptors (Lipinski definition) is 1. The highest BCUT2D eigenvalue weighted by Crippen LogP contribution is 2.22. The van der Waals surface area contributed by atoms with E-state index in [1.165, 1.54) is 12.3 Å². The number of halogens is 3. The Morgan fingerprint density at radius 2 is 2.25 bits per heavy atom. The molecule has 0 aliphatic rings. The minimum absolute atomic E-state index is 0.0689. The predicted octanol–water partition coefficient (Wildman–Crippen LogP) is 3.22. The second-order valence-electron chi connectivity index (χ2n) is 2.47. The normalized spacial score (nSPS) is 10.8. The van der Waals surface area contributed by atoms with Crippen molar-refractivity contribution in [3.63, 3.8) is 0 Å². The van der Waals surface area contributed by atoms with E-state index in [1.54, 1.807) is 6.92 Å². The first-order valence-corrected chi connectivity index (χ1v) is 4.57. The summed E-state index contributed by atoms with van der Waals surface area (Å²) in [6.07, 6.45) is -0.941. The summed E-state index contributed by atoms with van der Waals surface area (Å²) in [7, 11) is 0. The van der Waals surface area contributed by atoms with Crippen LogP contribution in [0.3, 0.4) is 0 Å². The highest BCUT2D eigenvalue weighted by molar-refractivity contribution is 9.08. The highest BCUT2D eigenvalue weighted by Gasteiger charge is 2.10. The van der Waals surface area contributed by atoms with Crippen LogP contribution in [0, 0.1) is 6.92 Å². The van der Waals surface area contributed by atoms with Crippen LogP contribution in [0.1, 0.15) is 23.2 Å². The fraction of sp³-hybridized carbons (Fsp3) is 0.375. The highest BCUT2D eigenvalue weighted by atomic mass is 79.9. The quantitative estimate of drug-likeness (QED) is 0.718. The molecule has 1 heterocycles. The average molecular weight is 236 g/mol. The second-order valence-corrected chi connectivity index (χ2v) is 3.03. The molecular formula is C8H8BrF2N. The SMILES string of the molecule is Cc1cnc(CBr)cc1C(F)F. The number of alkyl halides is 3. The summed E-state index contributed by atoms with van der Waals surface area (Å²) in [6, 6.07) is 1.43. The molecule has 1 nitrogen and oxygen atoms in total. The number of pyridine rings is 1. The number of aromatic nitrogens is 1. The van der Waals surface area contributed by atoms with Gasteiger partial charge in [0, 0.05) is 17.1 Å². The van der Waals surface area contributed by atoms with Crippen LogP contribution >= 0.6 is 15.9 Å². The summed E-state index contributed by atoms with van der Waals surface area (Å²) in [4.78, 5) is 3.96. The summed E-state index contributed by atoms with van der Waals surface area (Å²) in [5, 5.41) is 0.507. The van der Waals surface area contributed by atoms with Gasteiger partial charge < -0.3 is 0 Å². The fourth-order valence-corrected chi connectivity index (χ4v) is 1.20. The van der Waals surface area contributed by atoms with Crippen molar-refractivity contribution in [2.24, 2.45) is 0 Å². The van der Waals surface area contributed by atoms with Crippen LogP contribution in [0.15, 0.2) is 12.3 Å². The molecule has 1 aromatic heterocycles. The number of nitrogens with zero attached hydrogens (tertiary/aromatic N) is 1. The molecule has 1 rings (SSSR count). The zero-order valence-corrected chi connectivity index (χ0v) is 8.11. The zero-order valence-electron chi connectivity index (χ0n) is 6.52. The molecule has 0 bridgehead atoms. The standard InChI is InChI=1S/C8H8BrF2N/c1-5-4-12-6(3-9)2-7(5)8(10)11/h2,4,8H,3H2,1H3. The third-order valence-corrected chi connectivity index (χ3v) is 2.15. The first-order chi connectivity index (χ1) is 5.65.